The number of aryl methyl sites for hydroxylation is 1. The van der Waals surface area contributed by atoms with E-state index >= 15 is 0 Å². The Balaban J connectivity index is 1.90. The molecule has 0 spiro atoms. The van der Waals surface area contributed by atoms with Crippen LogP contribution in [0.15, 0.2) is 45.8 Å². The van der Waals surface area contributed by atoms with Crippen molar-refractivity contribution in [1.82, 2.24) is 10.1 Å². The van der Waals surface area contributed by atoms with Crippen molar-refractivity contribution in [1.29, 1.82) is 0 Å². The molecule has 0 radical (unpaired) electrons. The van der Waals surface area contributed by atoms with Crippen LogP contribution in [0.25, 0.3) is 0 Å². The summed E-state index contributed by atoms with van der Waals surface area (Å²) < 4.78 is 4.90. The summed E-state index contributed by atoms with van der Waals surface area (Å²) >= 11 is 1.46. The van der Waals surface area contributed by atoms with E-state index in [0.717, 1.165) is 4.90 Å². The van der Waals surface area contributed by atoms with Gasteiger partial charge >= 0.3 is 0 Å². The second-order valence-corrected chi connectivity index (χ2v) is 6.64. The number of thioether (sulfide) groups is 1. The van der Waals surface area contributed by atoms with E-state index in [-0.39, 0.29) is 24.4 Å². The lowest BCUT2D eigenvalue weighted by atomic mass is 10.3. The van der Waals surface area contributed by atoms with Gasteiger partial charge in [0.2, 0.25) is 11.8 Å². The number of hydrogen-bond acceptors (Lipinski definition) is 5. The number of nitrogens with zero attached hydrogens (tertiary/aromatic N) is 2. The molecule has 2 aromatic rings. The second-order valence-electron chi connectivity index (χ2n) is 5.59. The van der Waals surface area contributed by atoms with Crippen LogP contribution < -0.4 is 5.32 Å². The molecule has 0 saturated carbocycles. The molecule has 0 aliphatic carbocycles. The van der Waals surface area contributed by atoms with Gasteiger partial charge in [-0.25, -0.2) is 0 Å². The first-order chi connectivity index (χ1) is 11.5. The predicted molar refractivity (Wildman–Crippen MR) is 93.9 cm³/mol. The number of benzene rings is 1. The van der Waals surface area contributed by atoms with Gasteiger partial charge in [0.05, 0.1) is 5.75 Å². The summed E-state index contributed by atoms with van der Waals surface area (Å²) in [7, 11) is 0. The maximum absolute atomic E-state index is 12.4. The molecular formula is C17H21N3O3S. The zero-order valence-corrected chi connectivity index (χ0v) is 14.8. The molecule has 0 unspecified atom stereocenters. The number of amides is 2. The quantitative estimate of drug-likeness (QED) is 0.779. The van der Waals surface area contributed by atoms with Crippen molar-refractivity contribution in [2.45, 2.75) is 31.7 Å². The van der Waals surface area contributed by atoms with Crippen LogP contribution in [0.1, 0.15) is 19.6 Å². The van der Waals surface area contributed by atoms with Crippen LogP contribution in [-0.4, -0.2) is 40.2 Å². The fourth-order valence-electron chi connectivity index (χ4n) is 2.07. The first-order valence-electron chi connectivity index (χ1n) is 7.66. The molecule has 128 valence electrons. The van der Waals surface area contributed by atoms with Gasteiger partial charge in [-0.15, -0.1) is 11.8 Å². The Bertz CT molecular complexity index is 685. The lowest BCUT2D eigenvalue weighted by Crippen LogP contribution is -2.43. The van der Waals surface area contributed by atoms with Crippen molar-refractivity contribution in [2.24, 2.45) is 0 Å². The number of anilines is 1. The fraction of sp³-hybridized carbons (Fsp3) is 0.353. The summed E-state index contributed by atoms with van der Waals surface area (Å²) in [6.07, 6.45) is 0. The summed E-state index contributed by atoms with van der Waals surface area (Å²) in [6, 6.07) is 11.3. The van der Waals surface area contributed by atoms with Gasteiger partial charge in [0.1, 0.15) is 12.3 Å². The van der Waals surface area contributed by atoms with Crippen molar-refractivity contribution in [3.8, 4) is 0 Å². The molecule has 0 bridgehead atoms. The topological polar surface area (TPSA) is 75.4 Å². The Kier molecular flexibility index (Phi) is 6.43. The van der Waals surface area contributed by atoms with Crippen molar-refractivity contribution in [2.75, 3.05) is 17.6 Å². The molecule has 2 amide bonds. The Labute approximate surface area is 145 Å². The number of rotatable bonds is 7. The largest absolute Gasteiger partial charge is 0.360 e. The van der Waals surface area contributed by atoms with E-state index in [1.807, 2.05) is 44.2 Å². The van der Waals surface area contributed by atoms with Crippen LogP contribution in [-0.2, 0) is 9.59 Å². The van der Waals surface area contributed by atoms with E-state index in [4.69, 9.17) is 4.52 Å². The third kappa shape index (κ3) is 5.42. The molecule has 0 atom stereocenters. The standard InChI is InChI=1S/C17H21N3O3S/c1-12(2)20(10-16(21)18-15-9-13(3)23-19-15)17(22)11-24-14-7-5-4-6-8-14/h4-9,12H,10-11H2,1-3H3,(H,18,19,21). The van der Waals surface area contributed by atoms with Gasteiger partial charge in [-0.05, 0) is 32.9 Å². The minimum Gasteiger partial charge on any atom is -0.360 e. The maximum atomic E-state index is 12.4. The number of hydrogen-bond donors (Lipinski definition) is 1. The van der Waals surface area contributed by atoms with Crippen LogP contribution in [0.2, 0.25) is 0 Å². The van der Waals surface area contributed by atoms with Crippen LogP contribution in [0.5, 0.6) is 0 Å². The number of carbonyl (C=O) groups is 2. The Hall–Kier alpha value is -2.28. The summed E-state index contributed by atoms with van der Waals surface area (Å²) in [5.74, 6) is 0.882. The van der Waals surface area contributed by atoms with Crippen molar-refractivity contribution >= 4 is 29.4 Å². The maximum Gasteiger partial charge on any atom is 0.245 e. The van der Waals surface area contributed by atoms with Crippen LogP contribution in [0.4, 0.5) is 5.82 Å². The minimum absolute atomic E-state index is 0.0161. The third-order valence-electron chi connectivity index (χ3n) is 3.26. The highest BCUT2D eigenvalue weighted by molar-refractivity contribution is 8.00. The molecule has 24 heavy (non-hydrogen) atoms. The molecule has 1 aromatic heterocycles. The Morgan fingerprint density at radius 2 is 2.00 bits per heavy atom. The highest BCUT2D eigenvalue weighted by atomic mass is 32.2. The first-order valence-corrected chi connectivity index (χ1v) is 8.64. The number of carbonyl (C=O) groups excluding carboxylic acids is 2. The van der Waals surface area contributed by atoms with E-state index in [9.17, 15) is 9.59 Å². The van der Waals surface area contributed by atoms with E-state index in [0.29, 0.717) is 17.3 Å². The SMILES string of the molecule is Cc1cc(NC(=O)CN(C(=O)CSc2ccccc2)C(C)C)no1. The summed E-state index contributed by atoms with van der Waals surface area (Å²) in [6.45, 7) is 5.50. The van der Waals surface area contributed by atoms with Crippen molar-refractivity contribution < 1.29 is 14.1 Å². The van der Waals surface area contributed by atoms with Gasteiger partial charge in [-0.1, -0.05) is 23.4 Å². The second kappa shape index (κ2) is 8.54. The average molecular weight is 347 g/mol. The molecule has 1 heterocycles. The van der Waals surface area contributed by atoms with E-state index in [1.165, 1.54) is 11.8 Å². The molecule has 1 aromatic carbocycles. The minimum atomic E-state index is -0.296. The highest BCUT2D eigenvalue weighted by Crippen LogP contribution is 2.18. The van der Waals surface area contributed by atoms with E-state index in [1.54, 1.807) is 17.9 Å². The lowest BCUT2D eigenvalue weighted by molar-refractivity contribution is -0.134. The fourth-order valence-corrected chi connectivity index (χ4v) is 2.87. The monoisotopic (exact) mass is 347 g/mol. The molecule has 2 rings (SSSR count). The van der Waals surface area contributed by atoms with Crippen LogP contribution in [0.3, 0.4) is 0 Å². The van der Waals surface area contributed by atoms with Gasteiger partial charge in [-0.3, -0.25) is 9.59 Å². The van der Waals surface area contributed by atoms with E-state index < -0.39 is 0 Å². The number of aromatic nitrogens is 1. The Morgan fingerprint density at radius 3 is 2.58 bits per heavy atom. The Morgan fingerprint density at radius 1 is 1.29 bits per heavy atom. The molecular weight excluding hydrogens is 326 g/mol. The summed E-state index contributed by atoms with van der Waals surface area (Å²) in [4.78, 5) is 27.1. The zero-order valence-electron chi connectivity index (χ0n) is 14.0. The van der Waals surface area contributed by atoms with Gasteiger partial charge < -0.3 is 14.7 Å². The van der Waals surface area contributed by atoms with Crippen LogP contribution >= 0.6 is 11.8 Å². The number of nitrogens with one attached hydrogen (secondary N) is 1. The highest BCUT2D eigenvalue weighted by Gasteiger charge is 2.20. The van der Waals surface area contributed by atoms with Crippen LogP contribution in [0, 0.1) is 6.92 Å². The van der Waals surface area contributed by atoms with Gasteiger partial charge in [0.15, 0.2) is 5.82 Å². The lowest BCUT2D eigenvalue weighted by Gasteiger charge is -2.25. The smallest absolute Gasteiger partial charge is 0.245 e. The molecule has 0 aliphatic rings. The van der Waals surface area contributed by atoms with Crippen molar-refractivity contribution in [3.63, 3.8) is 0 Å². The molecule has 6 nitrogen and oxygen atoms in total. The molecule has 0 aliphatic heterocycles. The normalized spacial score (nSPS) is 10.7. The molecule has 7 heteroatoms. The van der Waals surface area contributed by atoms with Crippen molar-refractivity contribution in [3.05, 3.63) is 42.2 Å². The third-order valence-corrected chi connectivity index (χ3v) is 4.26. The first kappa shape index (κ1) is 18.1. The summed E-state index contributed by atoms with van der Waals surface area (Å²) in [5, 5.41) is 6.35. The predicted octanol–water partition coefficient (Wildman–Crippen LogP) is 2.95. The van der Waals surface area contributed by atoms with Gasteiger partial charge in [-0.2, -0.15) is 0 Å². The van der Waals surface area contributed by atoms with Gasteiger partial charge in [0, 0.05) is 17.0 Å². The molecule has 0 fully saturated rings. The van der Waals surface area contributed by atoms with Gasteiger partial charge in [0.25, 0.3) is 0 Å². The molecule has 1 N–H and O–H groups in total. The molecule has 0 saturated heterocycles. The zero-order chi connectivity index (χ0) is 17.5. The average Bonchev–Trinajstić information content (AvgIpc) is 2.96. The summed E-state index contributed by atoms with van der Waals surface area (Å²) in [5.41, 5.74) is 0. The van der Waals surface area contributed by atoms with E-state index in [2.05, 4.69) is 10.5 Å².